The standard InChI is InChI=1S/C25H23N5O4S3/c1-3-29(4-2)37(32,33)20-12-8-11-18(13-20)23-27-28-25(34-23)36-15-19-14-22(31)30-21(16-35-24(30)26-19)17-9-6-5-7-10-17/h5-14,16H,3-4,15H2,1-2H3. The van der Waals surface area contributed by atoms with E-state index in [4.69, 9.17) is 4.42 Å². The third-order valence-electron chi connectivity index (χ3n) is 5.70. The zero-order valence-corrected chi connectivity index (χ0v) is 22.5. The lowest BCUT2D eigenvalue weighted by atomic mass is 10.2. The predicted octanol–water partition coefficient (Wildman–Crippen LogP) is 4.80. The molecule has 0 aliphatic rings. The molecule has 0 bridgehead atoms. The van der Waals surface area contributed by atoms with Crippen LogP contribution in [0.4, 0.5) is 0 Å². The quantitative estimate of drug-likeness (QED) is 0.240. The zero-order valence-electron chi connectivity index (χ0n) is 20.1. The lowest BCUT2D eigenvalue weighted by molar-refractivity contribution is 0.445. The van der Waals surface area contributed by atoms with E-state index in [9.17, 15) is 13.2 Å². The fraction of sp³-hybridized carbons (Fsp3) is 0.200. The molecular formula is C25H23N5O4S3. The number of thiazole rings is 1. The van der Waals surface area contributed by atoms with Gasteiger partial charge in [0.1, 0.15) is 0 Å². The highest BCUT2D eigenvalue weighted by Gasteiger charge is 2.22. The van der Waals surface area contributed by atoms with Gasteiger partial charge in [-0.2, -0.15) is 4.31 Å². The van der Waals surface area contributed by atoms with Gasteiger partial charge in [-0.25, -0.2) is 13.4 Å². The van der Waals surface area contributed by atoms with E-state index in [1.165, 1.54) is 39.5 Å². The average Bonchev–Trinajstić information content (AvgIpc) is 3.56. The van der Waals surface area contributed by atoms with Gasteiger partial charge in [0.2, 0.25) is 15.9 Å². The molecule has 2 aromatic carbocycles. The van der Waals surface area contributed by atoms with Crippen molar-refractivity contribution in [2.75, 3.05) is 13.1 Å². The molecule has 0 spiro atoms. The lowest BCUT2D eigenvalue weighted by Crippen LogP contribution is -2.30. The molecule has 0 aliphatic carbocycles. The van der Waals surface area contributed by atoms with Crippen LogP contribution in [0.5, 0.6) is 0 Å². The second kappa shape index (κ2) is 10.6. The highest BCUT2D eigenvalue weighted by Crippen LogP contribution is 2.28. The Balaban J connectivity index is 1.34. The first kappa shape index (κ1) is 25.3. The van der Waals surface area contributed by atoms with Crippen LogP contribution in [0.15, 0.2) is 85.4 Å². The lowest BCUT2D eigenvalue weighted by Gasteiger charge is -2.18. The normalized spacial score (nSPS) is 12.0. The molecule has 3 heterocycles. The van der Waals surface area contributed by atoms with Crippen molar-refractivity contribution in [1.29, 1.82) is 0 Å². The minimum absolute atomic E-state index is 0.154. The Labute approximate surface area is 221 Å². The number of hydrogen-bond donors (Lipinski definition) is 0. The van der Waals surface area contributed by atoms with Crippen molar-refractivity contribution in [3.05, 3.63) is 82.1 Å². The molecule has 0 N–H and O–H groups in total. The van der Waals surface area contributed by atoms with Crippen molar-refractivity contribution in [3.8, 4) is 22.7 Å². The van der Waals surface area contributed by atoms with Crippen LogP contribution in [-0.4, -0.2) is 45.4 Å². The number of benzene rings is 2. The average molecular weight is 554 g/mol. The van der Waals surface area contributed by atoms with Gasteiger partial charge in [-0.15, -0.1) is 21.5 Å². The van der Waals surface area contributed by atoms with Crippen molar-refractivity contribution >= 4 is 38.1 Å². The number of fused-ring (bicyclic) bond motifs is 1. The van der Waals surface area contributed by atoms with Crippen molar-refractivity contribution < 1.29 is 12.8 Å². The summed E-state index contributed by atoms with van der Waals surface area (Å²) in [6.07, 6.45) is 0. The Kier molecular flexibility index (Phi) is 7.24. The summed E-state index contributed by atoms with van der Waals surface area (Å²) in [6, 6.07) is 17.7. The Hall–Kier alpha value is -3.32. The van der Waals surface area contributed by atoms with E-state index >= 15 is 0 Å². The minimum Gasteiger partial charge on any atom is -0.411 e. The molecule has 5 rings (SSSR count). The van der Waals surface area contributed by atoms with Crippen LogP contribution >= 0.6 is 23.1 Å². The van der Waals surface area contributed by atoms with E-state index < -0.39 is 10.0 Å². The van der Waals surface area contributed by atoms with Gasteiger partial charge in [-0.1, -0.05) is 62.0 Å². The molecule has 37 heavy (non-hydrogen) atoms. The second-order valence-corrected chi connectivity index (χ2v) is 11.7. The molecule has 12 heteroatoms. The SMILES string of the molecule is CCN(CC)S(=O)(=O)c1cccc(-c2nnc(SCc3cc(=O)n4c(-c5ccccc5)csc4n3)o2)c1. The number of sulfonamides is 1. The summed E-state index contributed by atoms with van der Waals surface area (Å²) in [7, 11) is -3.61. The molecule has 0 saturated carbocycles. The minimum atomic E-state index is -3.61. The maximum Gasteiger partial charge on any atom is 0.277 e. The van der Waals surface area contributed by atoms with Crippen LogP contribution in [0.25, 0.3) is 27.7 Å². The topological polar surface area (TPSA) is 111 Å². The molecule has 5 aromatic rings. The van der Waals surface area contributed by atoms with Crippen LogP contribution < -0.4 is 5.56 Å². The molecule has 0 saturated heterocycles. The van der Waals surface area contributed by atoms with Crippen molar-refractivity contribution in [2.24, 2.45) is 0 Å². The van der Waals surface area contributed by atoms with Crippen LogP contribution in [0, 0.1) is 0 Å². The Morgan fingerprint density at radius 2 is 1.76 bits per heavy atom. The van der Waals surface area contributed by atoms with Crippen LogP contribution in [0.1, 0.15) is 19.5 Å². The van der Waals surface area contributed by atoms with Gasteiger partial charge in [0, 0.05) is 35.9 Å². The Morgan fingerprint density at radius 3 is 2.51 bits per heavy atom. The summed E-state index contributed by atoms with van der Waals surface area (Å²) < 4.78 is 34.5. The summed E-state index contributed by atoms with van der Waals surface area (Å²) in [5, 5.41) is 10.4. The number of aromatic nitrogens is 4. The predicted molar refractivity (Wildman–Crippen MR) is 144 cm³/mol. The molecule has 0 unspecified atom stereocenters. The maximum atomic E-state index is 12.9. The third-order valence-corrected chi connectivity index (χ3v) is 9.43. The number of rotatable bonds is 9. The van der Waals surface area contributed by atoms with Crippen molar-refractivity contribution in [2.45, 2.75) is 29.7 Å². The molecule has 0 atom stereocenters. The zero-order chi connectivity index (χ0) is 26.0. The number of nitrogens with zero attached hydrogens (tertiary/aromatic N) is 5. The fourth-order valence-electron chi connectivity index (χ4n) is 3.87. The van der Waals surface area contributed by atoms with Gasteiger partial charge in [-0.05, 0) is 23.8 Å². The summed E-state index contributed by atoms with van der Waals surface area (Å²) in [4.78, 5) is 18.3. The first-order chi connectivity index (χ1) is 17.9. The Bertz CT molecular complexity index is 1710. The smallest absolute Gasteiger partial charge is 0.277 e. The molecule has 190 valence electrons. The van der Waals surface area contributed by atoms with Gasteiger partial charge < -0.3 is 4.42 Å². The van der Waals surface area contributed by atoms with Gasteiger partial charge in [-0.3, -0.25) is 9.20 Å². The van der Waals surface area contributed by atoms with Gasteiger partial charge in [0.15, 0.2) is 4.96 Å². The van der Waals surface area contributed by atoms with E-state index in [1.54, 1.807) is 36.4 Å². The third kappa shape index (κ3) is 5.10. The largest absolute Gasteiger partial charge is 0.411 e. The van der Waals surface area contributed by atoms with E-state index in [0.29, 0.717) is 40.3 Å². The Morgan fingerprint density at radius 1 is 1.00 bits per heavy atom. The molecular weight excluding hydrogens is 531 g/mol. The van der Waals surface area contributed by atoms with Crippen LogP contribution in [0.3, 0.4) is 0 Å². The highest BCUT2D eigenvalue weighted by atomic mass is 32.2. The van der Waals surface area contributed by atoms with Crippen LogP contribution in [0.2, 0.25) is 0 Å². The van der Waals surface area contributed by atoms with Crippen molar-refractivity contribution in [3.63, 3.8) is 0 Å². The highest BCUT2D eigenvalue weighted by molar-refractivity contribution is 7.98. The first-order valence-corrected chi connectivity index (χ1v) is 14.8. The summed E-state index contributed by atoms with van der Waals surface area (Å²) >= 11 is 2.67. The monoisotopic (exact) mass is 553 g/mol. The molecule has 0 amide bonds. The molecule has 0 fully saturated rings. The van der Waals surface area contributed by atoms with E-state index in [1.807, 2.05) is 35.7 Å². The van der Waals surface area contributed by atoms with Gasteiger partial charge in [0.05, 0.1) is 16.3 Å². The van der Waals surface area contributed by atoms with E-state index in [0.717, 1.165) is 11.3 Å². The number of hydrogen-bond acceptors (Lipinski definition) is 9. The second-order valence-electron chi connectivity index (χ2n) is 7.97. The molecule has 9 nitrogen and oxygen atoms in total. The molecule has 3 aromatic heterocycles. The van der Waals surface area contributed by atoms with E-state index in [2.05, 4.69) is 15.2 Å². The first-order valence-electron chi connectivity index (χ1n) is 11.5. The van der Waals surface area contributed by atoms with E-state index in [-0.39, 0.29) is 16.3 Å². The fourth-order valence-corrected chi connectivity index (χ4v) is 6.95. The van der Waals surface area contributed by atoms with Gasteiger partial charge >= 0.3 is 0 Å². The van der Waals surface area contributed by atoms with Crippen molar-refractivity contribution in [1.82, 2.24) is 23.9 Å². The molecule has 0 radical (unpaired) electrons. The van der Waals surface area contributed by atoms with Crippen LogP contribution in [-0.2, 0) is 15.8 Å². The number of thioether (sulfide) groups is 1. The summed E-state index contributed by atoms with van der Waals surface area (Å²) in [6.45, 7) is 4.36. The summed E-state index contributed by atoms with van der Waals surface area (Å²) in [5.74, 6) is 0.579. The maximum absolute atomic E-state index is 12.9. The van der Waals surface area contributed by atoms with Gasteiger partial charge in [0.25, 0.3) is 10.8 Å². The molecule has 0 aliphatic heterocycles. The summed E-state index contributed by atoms with van der Waals surface area (Å²) in [5.41, 5.74) is 2.72.